The fraction of sp³-hybridized carbons (Fsp3) is 0.176. The highest BCUT2D eigenvalue weighted by Crippen LogP contribution is 2.22. The van der Waals surface area contributed by atoms with E-state index in [4.69, 9.17) is 4.74 Å². The number of nitrogens with one attached hydrogen (secondary N) is 2. The third kappa shape index (κ3) is 4.28. The van der Waals surface area contributed by atoms with Gasteiger partial charge in [-0.1, -0.05) is 18.2 Å². The fourth-order valence-corrected chi connectivity index (χ4v) is 2.05. The Kier molecular flexibility index (Phi) is 5.83. The van der Waals surface area contributed by atoms with Crippen LogP contribution in [0.2, 0.25) is 0 Å². The third-order valence-corrected chi connectivity index (χ3v) is 3.22. The molecule has 0 saturated heterocycles. The number of hydrogen-bond donors (Lipinski definition) is 2. The first-order valence-electron chi connectivity index (χ1n) is 7.17. The lowest BCUT2D eigenvalue weighted by atomic mass is 10.1. The van der Waals surface area contributed by atoms with E-state index in [1.54, 1.807) is 24.3 Å². The molecule has 0 bridgehead atoms. The average molecular weight is 333 g/mol. The molecule has 7 heteroatoms. The molecule has 126 valence electrons. The molecule has 0 atom stereocenters. The molecule has 0 aliphatic carbocycles. The van der Waals surface area contributed by atoms with Gasteiger partial charge in [0.1, 0.15) is 17.4 Å². The monoisotopic (exact) mass is 333 g/mol. The molecule has 2 aromatic rings. The number of rotatable bonds is 6. The van der Waals surface area contributed by atoms with Gasteiger partial charge in [-0.05, 0) is 31.2 Å². The van der Waals surface area contributed by atoms with Gasteiger partial charge in [-0.25, -0.2) is 14.2 Å². The molecule has 0 heterocycles. The quantitative estimate of drug-likeness (QED) is 0.631. The van der Waals surface area contributed by atoms with Crippen molar-refractivity contribution in [3.8, 4) is 5.75 Å². The van der Waals surface area contributed by atoms with Crippen molar-refractivity contribution in [2.75, 3.05) is 19.0 Å². The Bertz CT molecular complexity index is 743. The van der Waals surface area contributed by atoms with E-state index in [0.717, 1.165) is 12.1 Å². The SMILES string of the molecule is COc1ccccc1NCC(=O)N/N=C(/C)c1c(F)cccc1F. The summed E-state index contributed by atoms with van der Waals surface area (Å²) in [5, 5.41) is 6.63. The fourth-order valence-electron chi connectivity index (χ4n) is 2.05. The van der Waals surface area contributed by atoms with E-state index in [-0.39, 0.29) is 17.8 Å². The number of para-hydroxylation sites is 2. The van der Waals surface area contributed by atoms with Crippen molar-refractivity contribution in [1.29, 1.82) is 0 Å². The van der Waals surface area contributed by atoms with Crippen LogP contribution in [0.4, 0.5) is 14.5 Å². The largest absolute Gasteiger partial charge is 0.495 e. The first kappa shape index (κ1) is 17.4. The summed E-state index contributed by atoms with van der Waals surface area (Å²) in [5.74, 6) is -1.34. The van der Waals surface area contributed by atoms with Crippen molar-refractivity contribution < 1.29 is 18.3 Å². The molecule has 5 nitrogen and oxygen atoms in total. The van der Waals surface area contributed by atoms with E-state index in [0.29, 0.717) is 11.4 Å². The zero-order chi connectivity index (χ0) is 17.5. The van der Waals surface area contributed by atoms with Gasteiger partial charge >= 0.3 is 0 Å². The van der Waals surface area contributed by atoms with E-state index in [2.05, 4.69) is 15.8 Å². The second kappa shape index (κ2) is 8.05. The number of carbonyl (C=O) groups is 1. The summed E-state index contributed by atoms with van der Waals surface area (Å²) in [6, 6.07) is 10.6. The molecule has 1 amide bonds. The Morgan fingerprint density at radius 3 is 2.46 bits per heavy atom. The first-order chi connectivity index (χ1) is 11.5. The molecule has 0 aliphatic rings. The molecule has 0 spiro atoms. The number of halogens is 2. The normalized spacial score (nSPS) is 11.1. The number of carbonyl (C=O) groups excluding carboxylic acids is 1. The Hall–Kier alpha value is -2.96. The van der Waals surface area contributed by atoms with Crippen molar-refractivity contribution in [2.45, 2.75) is 6.92 Å². The zero-order valence-corrected chi connectivity index (χ0v) is 13.3. The Balaban J connectivity index is 1.97. The molecular weight excluding hydrogens is 316 g/mol. The number of methoxy groups -OCH3 is 1. The number of ether oxygens (including phenoxy) is 1. The van der Waals surface area contributed by atoms with Crippen LogP contribution in [0.5, 0.6) is 5.75 Å². The van der Waals surface area contributed by atoms with E-state index in [9.17, 15) is 13.6 Å². The van der Waals surface area contributed by atoms with Gasteiger partial charge in [-0.2, -0.15) is 5.10 Å². The first-order valence-corrected chi connectivity index (χ1v) is 7.17. The van der Waals surface area contributed by atoms with Crippen molar-refractivity contribution in [1.82, 2.24) is 5.43 Å². The summed E-state index contributed by atoms with van der Waals surface area (Å²) in [6.07, 6.45) is 0. The predicted molar refractivity (Wildman–Crippen MR) is 88.2 cm³/mol. The molecule has 24 heavy (non-hydrogen) atoms. The molecule has 0 unspecified atom stereocenters. The van der Waals surface area contributed by atoms with Crippen LogP contribution in [0.25, 0.3) is 0 Å². The number of amides is 1. The van der Waals surface area contributed by atoms with Gasteiger partial charge in [0.15, 0.2) is 0 Å². The molecule has 0 fully saturated rings. The number of nitrogens with zero attached hydrogens (tertiary/aromatic N) is 1. The van der Waals surface area contributed by atoms with Crippen LogP contribution in [0, 0.1) is 11.6 Å². The maximum absolute atomic E-state index is 13.6. The average Bonchev–Trinajstić information content (AvgIpc) is 2.58. The van der Waals surface area contributed by atoms with Gasteiger partial charge in [0.25, 0.3) is 5.91 Å². The van der Waals surface area contributed by atoms with Gasteiger partial charge in [0, 0.05) is 0 Å². The van der Waals surface area contributed by atoms with Crippen LogP contribution >= 0.6 is 0 Å². The minimum absolute atomic E-state index is 0.0382. The smallest absolute Gasteiger partial charge is 0.259 e. The zero-order valence-electron chi connectivity index (χ0n) is 13.3. The number of hydrogen-bond acceptors (Lipinski definition) is 4. The lowest BCUT2D eigenvalue weighted by Crippen LogP contribution is -2.27. The van der Waals surface area contributed by atoms with Crippen molar-refractivity contribution >= 4 is 17.3 Å². The van der Waals surface area contributed by atoms with Gasteiger partial charge < -0.3 is 10.1 Å². The minimum Gasteiger partial charge on any atom is -0.495 e. The highest BCUT2D eigenvalue weighted by molar-refractivity contribution is 5.99. The van der Waals surface area contributed by atoms with Crippen LogP contribution in [-0.2, 0) is 4.79 Å². The van der Waals surface area contributed by atoms with Crippen molar-refractivity contribution in [3.63, 3.8) is 0 Å². The highest BCUT2D eigenvalue weighted by Gasteiger charge is 2.12. The van der Waals surface area contributed by atoms with E-state index in [1.807, 2.05) is 0 Å². The summed E-state index contributed by atoms with van der Waals surface area (Å²) < 4.78 is 32.4. The summed E-state index contributed by atoms with van der Waals surface area (Å²) >= 11 is 0. The van der Waals surface area contributed by atoms with Gasteiger partial charge in [-0.15, -0.1) is 0 Å². The van der Waals surface area contributed by atoms with Crippen LogP contribution in [0.15, 0.2) is 47.6 Å². The van der Waals surface area contributed by atoms with Crippen LogP contribution < -0.4 is 15.5 Å². The van der Waals surface area contributed by atoms with E-state index >= 15 is 0 Å². The van der Waals surface area contributed by atoms with Gasteiger partial charge in [0.2, 0.25) is 0 Å². The maximum Gasteiger partial charge on any atom is 0.259 e. The second-order valence-corrected chi connectivity index (χ2v) is 4.88. The minimum atomic E-state index is -0.738. The summed E-state index contributed by atoms with van der Waals surface area (Å²) in [7, 11) is 1.52. The maximum atomic E-state index is 13.6. The number of anilines is 1. The topological polar surface area (TPSA) is 62.7 Å². The summed E-state index contributed by atoms with van der Waals surface area (Å²) in [4.78, 5) is 11.8. The highest BCUT2D eigenvalue weighted by atomic mass is 19.1. The van der Waals surface area contributed by atoms with Crippen LogP contribution in [0.3, 0.4) is 0 Å². The third-order valence-electron chi connectivity index (χ3n) is 3.22. The molecule has 2 aromatic carbocycles. The van der Waals surface area contributed by atoms with Crippen LogP contribution in [-0.4, -0.2) is 25.3 Å². The number of benzene rings is 2. The summed E-state index contributed by atoms with van der Waals surface area (Å²) in [6.45, 7) is 1.34. The van der Waals surface area contributed by atoms with E-state index in [1.165, 1.54) is 20.1 Å². The molecule has 2 rings (SSSR count). The molecule has 0 radical (unpaired) electrons. The molecular formula is C17H17F2N3O2. The summed E-state index contributed by atoms with van der Waals surface area (Å²) in [5.41, 5.74) is 2.67. The van der Waals surface area contributed by atoms with E-state index < -0.39 is 17.5 Å². The Labute approximate surface area is 138 Å². The molecule has 2 N–H and O–H groups in total. The van der Waals surface area contributed by atoms with Crippen molar-refractivity contribution in [2.24, 2.45) is 5.10 Å². The van der Waals surface area contributed by atoms with Gasteiger partial charge in [0.05, 0.1) is 30.6 Å². The van der Waals surface area contributed by atoms with Gasteiger partial charge in [-0.3, -0.25) is 4.79 Å². The van der Waals surface area contributed by atoms with Crippen LogP contribution in [0.1, 0.15) is 12.5 Å². The molecule has 0 aliphatic heterocycles. The standard InChI is InChI=1S/C17H17F2N3O2/c1-11(17-12(18)6-5-7-13(17)19)21-22-16(23)10-20-14-8-3-4-9-15(14)24-2/h3-9,20H,10H2,1-2H3,(H,22,23)/b21-11-. The predicted octanol–water partition coefficient (Wildman–Crippen LogP) is 2.93. The lowest BCUT2D eigenvalue weighted by molar-refractivity contribution is -0.119. The molecule has 0 aromatic heterocycles. The Morgan fingerprint density at radius 2 is 1.79 bits per heavy atom. The Morgan fingerprint density at radius 1 is 1.12 bits per heavy atom. The second-order valence-electron chi connectivity index (χ2n) is 4.88. The molecule has 0 saturated carbocycles. The van der Waals surface area contributed by atoms with Crippen molar-refractivity contribution in [3.05, 3.63) is 59.7 Å². The lowest BCUT2D eigenvalue weighted by Gasteiger charge is -2.10. The number of hydrazone groups is 1.